The molecule has 0 radical (unpaired) electrons. The molecular formula is C7H8N2O2S. The highest BCUT2D eigenvalue weighted by molar-refractivity contribution is 7.13. The molecule has 1 heterocycles. The van der Waals surface area contributed by atoms with Crippen molar-refractivity contribution in [3.05, 3.63) is 11.1 Å². The lowest BCUT2D eigenvalue weighted by atomic mass is 10.5. The summed E-state index contributed by atoms with van der Waals surface area (Å²) in [5.74, 6) is -0.963. The Hall–Kier alpha value is -1.10. The summed E-state index contributed by atoms with van der Waals surface area (Å²) in [5, 5.41) is 14.0. The average molecular weight is 184 g/mol. The third-order valence-corrected chi connectivity index (χ3v) is 2.40. The summed E-state index contributed by atoms with van der Waals surface area (Å²) < 4.78 is 0. The van der Waals surface area contributed by atoms with Crippen LogP contribution in [0.4, 0.5) is 5.13 Å². The van der Waals surface area contributed by atoms with Gasteiger partial charge in [0.05, 0.1) is 0 Å². The predicted octanol–water partition coefficient (Wildman–Crippen LogP) is 1.42. The minimum Gasteiger partial charge on any atom is -0.476 e. The zero-order valence-electron chi connectivity index (χ0n) is 6.28. The quantitative estimate of drug-likeness (QED) is 0.745. The first-order chi connectivity index (χ1) is 5.75. The Bertz CT molecular complexity index is 306. The third kappa shape index (κ3) is 1.55. The number of rotatable bonds is 3. The van der Waals surface area contributed by atoms with Gasteiger partial charge in [0.25, 0.3) is 0 Å². The number of carboxylic acids is 1. The molecule has 1 saturated carbocycles. The van der Waals surface area contributed by atoms with E-state index in [1.165, 1.54) is 24.2 Å². The molecule has 0 unspecified atom stereocenters. The Morgan fingerprint density at radius 2 is 2.50 bits per heavy atom. The zero-order valence-corrected chi connectivity index (χ0v) is 7.10. The molecule has 4 nitrogen and oxygen atoms in total. The van der Waals surface area contributed by atoms with Gasteiger partial charge in [-0.3, -0.25) is 0 Å². The van der Waals surface area contributed by atoms with Gasteiger partial charge in [-0.25, -0.2) is 9.78 Å². The molecule has 0 bridgehead atoms. The van der Waals surface area contributed by atoms with E-state index in [0.29, 0.717) is 6.04 Å². The van der Waals surface area contributed by atoms with E-state index in [1.54, 1.807) is 5.38 Å². The van der Waals surface area contributed by atoms with Crippen molar-refractivity contribution in [2.45, 2.75) is 18.9 Å². The smallest absolute Gasteiger partial charge is 0.355 e. The molecule has 1 aliphatic carbocycles. The average Bonchev–Trinajstić information content (AvgIpc) is 2.66. The van der Waals surface area contributed by atoms with Crippen molar-refractivity contribution in [3.8, 4) is 0 Å². The highest BCUT2D eigenvalue weighted by atomic mass is 32.1. The van der Waals surface area contributed by atoms with Crippen molar-refractivity contribution >= 4 is 22.4 Å². The van der Waals surface area contributed by atoms with Gasteiger partial charge in [0.15, 0.2) is 10.8 Å². The molecule has 2 rings (SSSR count). The van der Waals surface area contributed by atoms with Crippen molar-refractivity contribution in [1.82, 2.24) is 4.98 Å². The van der Waals surface area contributed by atoms with Crippen LogP contribution in [0.2, 0.25) is 0 Å². The van der Waals surface area contributed by atoms with Crippen LogP contribution in [0.25, 0.3) is 0 Å². The number of nitrogens with one attached hydrogen (secondary N) is 1. The van der Waals surface area contributed by atoms with E-state index in [1.807, 2.05) is 0 Å². The van der Waals surface area contributed by atoms with E-state index in [9.17, 15) is 4.79 Å². The SMILES string of the molecule is O=C(O)c1csc(NC2CC2)n1. The van der Waals surface area contributed by atoms with E-state index in [0.717, 1.165) is 5.13 Å². The van der Waals surface area contributed by atoms with Crippen molar-refractivity contribution < 1.29 is 9.90 Å². The molecule has 5 heteroatoms. The molecule has 1 aromatic rings. The molecule has 1 fully saturated rings. The molecule has 12 heavy (non-hydrogen) atoms. The van der Waals surface area contributed by atoms with Gasteiger partial charge in [0.2, 0.25) is 0 Å². The summed E-state index contributed by atoms with van der Waals surface area (Å²) in [4.78, 5) is 14.3. The summed E-state index contributed by atoms with van der Waals surface area (Å²) in [5.41, 5.74) is 0.128. The number of thiazole rings is 1. The lowest BCUT2D eigenvalue weighted by Crippen LogP contribution is -2.01. The first-order valence-corrected chi connectivity index (χ1v) is 4.59. The first kappa shape index (κ1) is 7.54. The predicted molar refractivity (Wildman–Crippen MR) is 45.7 cm³/mol. The van der Waals surface area contributed by atoms with E-state index >= 15 is 0 Å². The maximum absolute atomic E-state index is 10.4. The number of carboxylic acid groups (broad SMARTS) is 1. The van der Waals surface area contributed by atoms with E-state index in [-0.39, 0.29) is 5.69 Å². The van der Waals surface area contributed by atoms with Gasteiger partial charge in [-0.2, -0.15) is 0 Å². The van der Waals surface area contributed by atoms with Crippen LogP contribution in [-0.2, 0) is 0 Å². The van der Waals surface area contributed by atoms with Crippen LogP contribution < -0.4 is 5.32 Å². The molecule has 64 valence electrons. The normalized spacial score (nSPS) is 16.0. The van der Waals surface area contributed by atoms with Gasteiger partial charge in [-0.1, -0.05) is 0 Å². The van der Waals surface area contributed by atoms with Gasteiger partial charge in [0, 0.05) is 11.4 Å². The maximum Gasteiger partial charge on any atom is 0.355 e. The van der Waals surface area contributed by atoms with Gasteiger partial charge >= 0.3 is 5.97 Å². The number of hydrogen-bond donors (Lipinski definition) is 2. The number of nitrogens with zero attached hydrogens (tertiary/aromatic N) is 1. The second-order valence-electron chi connectivity index (χ2n) is 2.76. The van der Waals surface area contributed by atoms with E-state index < -0.39 is 5.97 Å². The van der Waals surface area contributed by atoms with Crippen LogP contribution in [-0.4, -0.2) is 22.1 Å². The molecule has 0 atom stereocenters. The van der Waals surface area contributed by atoms with Crippen LogP contribution in [0.5, 0.6) is 0 Å². The maximum atomic E-state index is 10.4. The standard InChI is InChI=1S/C7H8N2O2S/c10-6(11)5-3-12-7(9-5)8-4-1-2-4/h3-4H,1-2H2,(H,8,9)(H,10,11). The van der Waals surface area contributed by atoms with Gasteiger partial charge < -0.3 is 10.4 Å². The fraction of sp³-hybridized carbons (Fsp3) is 0.429. The number of aromatic nitrogens is 1. The highest BCUT2D eigenvalue weighted by Crippen LogP contribution is 2.26. The fourth-order valence-corrected chi connectivity index (χ4v) is 1.60. The van der Waals surface area contributed by atoms with Gasteiger partial charge in [-0.15, -0.1) is 11.3 Å². The second kappa shape index (κ2) is 2.75. The van der Waals surface area contributed by atoms with E-state index in [2.05, 4.69) is 10.3 Å². The largest absolute Gasteiger partial charge is 0.476 e. The Morgan fingerprint density at radius 3 is 3.00 bits per heavy atom. The summed E-state index contributed by atoms with van der Waals surface area (Å²) in [6.07, 6.45) is 2.34. The number of anilines is 1. The number of hydrogen-bond acceptors (Lipinski definition) is 4. The van der Waals surface area contributed by atoms with Crippen molar-refractivity contribution in [1.29, 1.82) is 0 Å². The summed E-state index contributed by atoms with van der Waals surface area (Å²) >= 11 is 1.34. The lowest BCUT2D eigenvalue weighted by molar-refractivity contribution is 0.0691. The zero-order chi connectivity index (χ0) is 8.55. The molecular weight excluding hydrogens is 176 g/mol. The fourth-order valence-electron chi connectivity index (χ4n) is 0.841. The van der Waals surface area contributed by atoms with E-state index in [4.69, 9.17) is 5.11 Å². The van der Waals surface area contributed by atoms with Gasteiger partial charge in [-0.05, 0) is 12.8 Å². The molecule has 0 aliphatic heterocycles. The molecule has 2 N–H and O–H groups in total. The van der Waals surface area contributed by atoms with Crippen LogP contribution in [0.1, 0.15) is 23.3 Å². The highest BCUT2D eigenvalue weighted by Gasteiger charge is 2.22. The first-order valence-electron chi connectivity index (χ1n) is 3.71. The van der Waals surface area contributed by atoms with Crippen LogP contribution in [0.3, 0.4) is 0 Å². The van der Waals surface area contributed by atoms with Crippen molar-refractivity contribution in [2.75, 3.05) is 5.32 Å². The number of aromatic carboxylic acids is 1. The minimum absolute atomic E-state index is 0.128. The monoisotopic (exact) mass is 184 g/mol. The van der Waals surface area contributed by atoms with Crippen LogP contribution in [0, 0.1) is 0 Å². The molecule has 0 amide bonds. The Balaban J connectivity index is 2.06. The Kier molecular flexibility index (Phi) is 1.73. The second-order valence-corrected chi connectivity index (χ2v) is 3.62. The van der Waals surface area contributed by atoms with Crippen molar-refractivity contribution in [3.63, 3.8) is 0 Å². The molecule has 0 saturated heterocycles. The van der Waals surface area contributed by atoms with Crippen LogP contribution >= 0.6 is 11.3 Å². The Labute approximate surface area is 73.3 Å². The van der Waals surface area contributed by atoms with Crippen molar-refractivity contribution in [2.24, 2.45) is 0 Å². The minimum atomic E-state index is -0.963. The molecule has 0 aromatic carbocycles. The van der Waals surface area contributed by atoms with Gasteiger partial charge in [0.1, 0.15) is 0 Å². The molecule has 0 spiro atoms. The number of carbonyl (C=O) groups is 1. The third-order valence-electron chi connectivity index (χ3n) is 1.63. The lowest BCUT2D eigenvalue weighted by Gasteiger charge is -1.95. The summed E-state index contributed by atoms with van der Waals surface area (Å²) in [6, 6.07) is 0.526. The Morgan fingerprint density at radius 1 is 1.75 bits per heavy atom. The molecule has 1 aromatic heterocycles. The molecule has 1 aliphatic rings. The summed E-state index contributed by atoms with van der Waals surface area (Å²) in [6.45, 7) is 0. The topological polar surface area (TPSA) is 62.2 Å². The van der Waals surface area contributed by atoms with Crippen LogP contribution in [0.15, 0.2) is 5.38 Å². The summed E-state index contributed by atoms with van der Waals surface area (Å²) in [7, 11) is 0.